The van der Waals surface area contributed by atoms with Gasteiger partial charge < -0.3 is 10.6 Å². The highest BCUT2D eigenvalue weighted by molar-refractivity contribution is 7.84. The number of aromatic nitrogens is 1. The van der Waals surface area contributed by atoms with Gasteiger partial charge in [0.05, 0.1) is 10.6 Å². The molecule has 1 aromatic rings. The van der Waals surface area contributed by atoms with Crippen molar-refractivity contribution in [2.45, 2.75) is 19.9 Å². The van der Waals surface area contributed by atoms with Crippen LogP contribution in [0.15, 0.2) is 12.3 Å². The van der Waals surface area contributed by atoms with E-state index in [-0.39, 0.29) is 11.9 Å². The Morgan fingerprint density at radius 3 is 2.79 bits per heavy atom. The fourth-order valence-corrected chi connectivity index (χ4v) is 2.58. The lowest BCUT2D eigenvalue weighted by molar-refractivity contribution is 0.0943. The molecule has 0 saturated heterocycles. The van der Waals surface area contributed by atoms with E-state index in [1.165, 1.54) is 6.20 Å². The van der Waals surface area contributed by atoms with Crippen molar-refractivity contribution in [1.82, 2.24) is 10.3 Å². The average Bonchev–Trinajstić information content (AvgIpc) is 2.30. The zero-order valence-corrected chi connectivity index (χ0v) is 12.8. The van der Waals surface area contributed by atoms with Crippen molar-refractivity contribution in [1.29, 1.82) is 0 Å². The lowest BCUT2D eigenvalue weighted by atomic mass is 10.2. The van der Waals surface area contributed by atoms with Gasteiger partial charge in [0.15, 0.2) is 0 Å². The summed E-state index contributed by atoms with van der Waals surface area (Å²) in [4.78, 5) is 16.0. The van der Waals surface area contributed by atoms with Crippen LogP contribution in [-0.4, -0.2) is 39.7 Å². The molecule has 0 radical (unpaired) electrons. The molecule has 2 unspecified atom stereocenters. The summed E-state index contributed by atoms with van der Waals surface area (Å²) >= 11 is 6.02. The first-order chi connectivity index (χ1) is 8.93. The van der Waals surface area contributed by atoms with Gasteiger partial charge in [-0.25, -0.2) is 4.98 Å². The first-order valence-electron chi connectivity index (χ1n) is 5.94. The van der Waals surface area contributed by atoms with E-state index in [0.29, 0.717) is 28.7 Å². The molecule has 1 amide bonds. The van der Waals surface area contributed by atoms with Crippen molar-refractivity contribution in [3.63, 3.8) is 0 Å². The Kier molecular flexibility index (Phi) is 6.24. The second-order valence-corrected chi connectivity index (χ2v) is 6.09. The number of rotatable bonds is 6. The zero-order chi connectivity index (χ0) is 14.4. The van der Waals surface area contributed by atoms with Crippen LogP contribution < -0.4 is 10.6 Å². The molecule has 1 heterocycles. The summed E-state index contributed by atoms with van der Waals surface area (Å²) in [6.45, 7) is 4.45. The fraction of sp³-hybridized carbons (Fsp3) is 0.500. The molecule has 2 N–H and O–H groups in total. The van der Waals surface area contributed by atoms with E-state index in [2.05, 4.69) is 15.6 Å². The monoisotopic (exact) mass is 303 g/mol. The first-order valence-corrected chi connectivity index (χ1v) is 8.04. The van der Waals surface area contributed by atoms with Gasteiger partial charge in [-0.2, -0.15) is 0 Å². The molecule has 1 rings (SSSR count). The molecule has 19 heavy (non-hydrogen) atoms. The molecule has 0 spiro atoms. The topological polar surface area (TPSA) is 71.1 Å². The third-order valence-corrected chi connectivity index (χ3v) is 3.57. The molecule has 0 aromatic carbocycles. The van der Waals surface area contributed by atoms with E-state index in [9.17, 15) is 9.00 Å². The van der Waals surface area contributed by atoms with Gasteiger partial charge in [-0.05, 0) is 19.9 Å². The molecule has 0 fully saturated rings. The van der Waals surface area contributed by atoms with E-state index < -0.39 is 10.8 Å². The highest BCUT2D eigenvalue weighted by Crippen LogP contribution is 2.19. The summed E-state index contributed by atoms with van der Waals surface area (Å²) in [7, 11) is -0.946. The Balaban J connectivity index is 2.72. The van der Waals surface area contributed by atoms with Gasteiger partial charge in [0.2, 0.25) is 0 Å². The Morgan fingerprint density at radius 1 is 1.58 bits per heavy atom. The van der Waals surface area contributed by atoms with Gasteiger partial charge in [0, 0.05) is 41.6 Å². The Hall–Kier alpha value is -1.14. The number of carbonyl (C=O) groups is 1. The summed E-state index contributed by atoms with van der Waals surface area (Å²) in [6.07, 6.45) is 3.07. The number of amides is 1. The SMILES string of the molecule is CCNc1ncc(C(=O)NC(C)CS(C)=O)cc1Cl. The van der Waals surface area contributed by atoms with E-state index in [0.717, 1.165) is 0 Å². The Morgan fingerprint density at radius 2 is 2.26 bits per heavy atom. The largest absolute Gasteiger partial charge is 0.369 e. The predicted octanol–water partition coefficient (Wildman–Crippen LogP) is 1.66. The third-order valence-electron chi connectivity index (χ3n) is 2.31. The van der Waals surface area contributed by atoms with Crippen LogP contribution in [0.5, 0.6) is 0 Å². The first kappa shape index (κ1) is 15.9. The number of nitrogens with one attached hydrogen (secondary N) is 2. The van der Waals surface area contributed by atoms with Crippen LogP contribution in [0.1, 0.15) is 24.2 Å². The molecule has 106 valence electrons. The van der Waals surface area contributed by atoms with Crippen LogP contribution in [0, 0.1) is 0 Å². The molecule has 2 atom stereocenters. The number of halogens is 1. The van der Waals surface area contributed by atoms with E-state index >= 15 is 0 Å². The van der Waals surface area contributed by atoms with Crippen molar-refractivity contribution >= 4 is 34.1 Å². The van der Waals surface area contributed by atoms with Crippen molar-refractivity contribution in [3.05, 3.63) is 22.8 Å². The molecular weight excluding hydrogens is 286 g/mol. The maximum absolute atomic E-state index is 11.9. The van der Waals surface area contributed by atoms with Gasteiger partial charge >= 0.3 is 0 Å². The molecule has 0 aliphatic carbocycles. The van der Waals surface area contributed by atoms with Crippen LogP contribution in [0.25, 0.3) is 0 Å². The highest BCUT2D eigenvalue weighted by atomic mass is 35.5. The molecule has 0 saturated carbocycles. The molecule has 5 nitrogen and oxygen atoms in total. The van der Waals surface area contributed by atoms with E-state index in [1.54, 1.807) is 19.2 Å². The minimum absolute atomic E-state index is 0.162. The molecule has 0 bridgehead atoms. The van der Waals surface area contributed by atoms with Crippen molar-refractivity contribution in [2.24, 2.45) is 0 Å². The van der Waals surface area contributed by atoms with Crippen molar-refractivity contribution in [3.8, 4) is 0 Å². The lowest BCUT2D eigenvalue weighted by Crippen LogP contribution is -2.36. The number of nitrogens with zero attached hydrogens (tertiary/aromatic N) is 1. The maximum atomic E-state index is 11.9. The summed E-state index contributed by atoms with van der Waals surface area (Å²) in [5.74, 6) is 0.710. The summed E-state index contributed by atoms with van der Waals surface area (Å²) < 4.78 is 11.1. The Bertz CT molecular complexity index is 482. The van der Waals surface area contributed by atoms with Gasteiger partial charge in [-0.15, -0.1) is 0 Å². The minimum Gasteiger partial charge on any atom is -0.369 e. The molecule has 0 aliphatic heterocycles. The van der Waals surface area contributed by atoms with Crippen LogP contribution in [-0.2, 0) is 10.8 Å². The standard InChI is InChI=1S/C12H18ClN3O2S/c1-4-14-11-10(13)5-9(6-15-11)12(17)16-8(2)7-19(3)18/h5-6,8H,4,7H2,1-3H3,(H,14,15)(H,16,17). The van der Waals surface area contributed by atoms with Gasteiger partial charge in [-0.1, -0.05) is 11.6 Å². The van der Waals surface area contributed by atoms with E-state index in [4.69, 9.17) is 11.6 Å². The number of hydrogen-bond acceptors (Lipinski definition) is 4. The smallest absolute Gasteiger partial charge is 0.253 e. The van der Waals surface area contributed by atoms with Crippen LogP contribution in [0.4, 0.5) is 5.82 Å². The van der Waals surface area contributed by atoms with Crippen LogP contribution >= 0.6 is 11.6 Å². The van der Waals surface area contributed by atoms with Gasteiger partial charge in [0.25, 0.3) is 5.91 Å². The fourth-order valence-electron chi connectivity index (χ4n) is 1.56. The second kappa shape index (κ2) is 7.45. The molecule has 7 heteroatoms. The summed E-state index contributed by atoms with van der Waals surface area (Å²) in [5, 5.41) is 6.15. The van der Waals surface area contributed by atoms with Gasteiger partial charge in [0.1, 0.15) is 5.82 Å². The summed E-state index contributed by atoms with van der Waals surface area (Å²) in [6, 6.07) is 1.41. The van der Waals surface area contributed by atoms with Crippen LogP contribution in [0.3, 0.4) is 0 Å². The number of pyridine rings is 1. The maximum Gasteiger partial charge on any atom is 0.253 e. The quantitative estimate of drug-likeness (QED) is 0.838. The summed E-state index contributed by atoms with van der Waals surface area (Å²) in [5.41, 5.74) is 0.389. The third kappa shape index (κ3) is 5.16. The molecule has 1 aromatic heterocycles. The Labute approximate surface area is 120 Å². The van der Waals surface area contributed by atoms with Crippen molar-refractivity contribution < 1.29 is 9.00 Å². The zero-order valence-electron chi connectivity index (χ0n) is 11.2. The van der Waals surface area contributed by atoms with E-state index in [1.807, 2.05) is 6.92 Å². The average molecular weight is 304 g/mol. The normalized spacial score (nSPS) is 13.7. The lowest BCUT2D eigenvalue weighted by Gasteiger charge is -2.13. The molecule has 0 aliphatic rings. The van der Waals surface area contributed by atoms with Gasteiger partial charge in [-0.3, -0.25) is 9.00 Å². The predicted molar refractivity (Wildman–Crippen MR) is 79.3 cm³/mol. The number of carbonyl (C=O) groups excluding carboxylic acids is 1. The number of anilines is 1. The second-order valence-electron chi connectivity index (χ2n) is 4.20. The van der Waals surface area contributed by atoms with Crippen LogP contribution in [0.2, 0.25) is 5.02 Å². The number of hydrogen-bond donors (Lipinski definition) is 2. The van der Waals surface area contributed by atoms with Crippen molar-refractivity contribution in [2.75, 3.05) is 23.9 Å². The minimum atomic E-state index is -0.946. The highest BCUT2D eigenvalue weighted by Gasteiger charge is 2.13. The molecular formula is C12H18ClN3O2S.